The zero-order chi connectivity index (χ0) is 21.7. The minimum atomic E-state index is -0.679. The van der Waals surface area contributed by atoms with Gasteiger partial charge in [-0.25, -0.2) is 9.18 Å². The molecule has 0 aliphatic carbocycles. The topological polar surface area (TPSA) is 65.1 Å². The number of nitrogens with zero attached hydrogens (tertiary/aromatic N) is 1. The Hall–Kier alpha value is -2.97. The summed E-state index contributed by atoms with van der Waals surface area (Å²) in [5, 5.41) is 0.343. The molecule has 8 heteroatoms. The lowest BCUT2D eigenvalue weighted by molar-refractivity contribution is -0.133. The van der Waals surface area contributed by atoms with Gasteiger partial charge in [-0.15, -0.1) is 11.3 Å². The molecule has 0 atom stereocenters. The number of methoxy groups -OCH3 is 2. The molecule has 158 valence electrons. The Bertz CT molecular complexity index is 1060. The number of fused-ring (bicyclic) bond motifs is 1. The molecule has 0 aliphatic rings. The number of benzene rings is 2. The third-order valence-corrected chi connectivity index (χ3v) is 5.77. The average molecular weight is 431 g/mol. The summed E-state index contributed by atoms with van der Waals surface area (Å²) in [4.78, 5) is 26.8. The summed E-state index contributed by atoms with van der Waals surface area (Å²) in [6, 6.07) is 12.0. The number of halogens is 1. The first-order chi connectivity index (χ1) is 14.5. The van der Waals surface area contributed by atoms with E-state index >= 15 is 0 Å². The normalized spacial score (nSPS) is 10.8. The van der Waals surface area contributed by atoms with Crippen molar-refractivity contribution >= 4 is 33.3 Å². The molecule has 0 aliphatic heterocycles. The predicted molar refractivity (Wildman–Crippen MR) is 112 cm³/mol. The van der Waals surface area contributed by atoms with Crippen LogP contribution in [0.3, 0.4) is 0 Å². The van der Waals surface area contributed by atoms with Crippen molar-refractivity contribution in [2.75, 3.05) is 27.9 Å². The second kappa shape index (κ2) is 9.69. The maximum Gasteiger partial charge on any atom is 0.349 e. The number of likely N-dealkylation sites (N-methyl/N-ethyl adjacent to an activating group) is 1. The van der Waals surface area contributed by atoms with Gasteiger partial charge in [0, 0.05) is 41.9 Å². The number of hydrogen-bond donors (Lipinski definition) is 0. The molecule has 1 amide bonds. The number of amides is 1. The summed E-state index contributed by atoms with van der Waals surface area (Å²) in [5.74, 6) is -0.801. The Morgan fingerprint density at radius 2 is 1.87 bits per heavy atom. The SMILES string of the molecule is COCc1c(C(=O)OCC(=O)N(C)Cc2ccccc2OC)sc2cccc(F)c12. The molecule has 0 radical (unpaired) electrons. The summed E-state index contributed by atoms with van der Waals surface area (Å²) in [7, 11) is 4.65. The van der Waals surface area contributed by atoms with E-state index in [2.05, 4.69) is 0 Å². The van der Waals surface area contributed by atoms with Gasteiger partial charge in [-0.1, -0.05) is 24.3 Å². The number of esters is 1. The highest BCUT2D eigenvalue weighted by Gasteiger charge is 2.23. The van der Waals surface area contributed by atoms with E-state index in [9.17, 15) is 14.0 Å². The average Bonchev–Trinajstić information content (AvgIpc) is 3.12. The number of thiophene rings is 1. The minimum absolute atomic E-state index is 0.0625. The summed E-state index contributed by atoms with van der Waals surface area (Å²) < 4.78 is 30.5. The van der Waals surface area contributed by atoms with E-state index in [1.165, 1.54) is 18.1 Å². The Labute approximate surface area is 177 Å². The van der Waals surface area contributed by atoms with Crippen molar-refractivity contribution in [2.24, 2.45) is 0 Å². The van der Waals surface area contributed by atoms with Crippen LogP contribution in [0.1, 0.15) is 20.8 Å². The summed E-state index contributed by atoms with van der Waals surface area (Å²) in [6.45, 7) is -0.0515. The second-order valence-electron chi connectivity index (χ2n) is 6.59. The molecule has 0 unspecified atom stereocenters. The molecule has 1 aromatic heterocycles. The zero-order valence-corrected chi connectivity index (χ0v) is 17.8. The van der Waals surface area contributed by atoms with Gasteiger partial charge < -0.3 is 19.1 Å². The number of carbonyl (C=O) groups is 2. The molecule has 0 fully saturated rings. The van der Waals surface area contributed by atoms with Crippen molar-refractivity contribution in [3.05, 3.63) is 64.3 Å². The van der Waals surface area contributed by atoms with E-state index in [-0.39, 0.29) is 17.4 Å². The Kier molecular flexibility index (Phi) is 7.02. The molecule has 0 spiro atoms. The highest BCUT2D eigenvalue weighted by molar-refractivity contribution is 7.21. The second-order valence-corrected chi connectivity index (χ2v) is 7.65. The molecular formula is C22H22FNO5S. The third-order valence-electron chi connectivity index (χ3n) is 4.59. The van der Waals surface area contributed by atoms with Crippen LogP contribution in [-0.4, -0.2) is 44.7 Å². The highest BCUT2D eigenvalue weighted by Crippen LogP contribution is 2.34. The van der Waals surface area contributed by atoms with Gasteiger partial charge >= 0.3 is 5.97 Å². The lowest BCUT2D eigenvalue weighted by Crippen LogP contribution is -2.31. The zero-order valence-electron chi connectivity index (χ0n) is 16.9. The molecule has 3 aromatic rings. The fourth-order valence-corrected chi connectivity index (χ4v) is 4.21. The number of hydrogen-bond acceptors (Lipinski definition) is 6. The van der Waals surface area contributed by atoms with Gasteiger partial charge in [-0.05, 0) is 18.2 Å². The summed E-state index contributed by atoms with van der Waals surface area (Å²) in [5.41, 5.74) is 1.26. The number of ether oxygens (including phenoxy) is 3. The van der Waals surface area contributed by atoms with Gasteiger partial charge in [0.2, 0.25) is 0 Å². The van der Waals surface area contributed by atoms with Crippen molar-refractivity contribution in [3.63, 3.8) is 0 Å². The molecule has 0 bridgehead atoms. The molecular weight excluding hydrogens is 409 g/mol. The van der Waals surface area contributed by atoms with E-state index in [0.29, 0.717) is 27.9 Å². The predicted octanol–water partition coefficient (Wildman–Crippen LogP) is 4.01. The van der Waals surface area contributed by atoms with E-state index in [0.717, 1.165) is 16.9 Å². The van der Waals surface area contributed by atoms with Crippen LogP contribution in [0.15, 0.2) is 42.5 Å². The molecule has 6 nitrogen and oxygen atoms in total. The molecule has 3 rings (SSSR count). The van der Waals surface area contributed by atoms with Crippen LogP contribution in [-0.2, 0) is 27.4 Å². The van der Waals surface area contributed by atoms with Crippen molar-refractivity contribution in [1.29, 1.82) is 0 Å². The van der Waals surface area contributed by atoms with Crippen molar-refractivity contribution in [3.8, 4) is 5.75 Å². The Balaban J connectivity index is 1.70. The molecule has 0 saturated heterocycles. The fourth-order valence-electron chi connectivity index (χ4n) is 3.09. The van der Waals surface area contributed by atoms with Gasteiger partial charge in [-0.3, -0.25) is 4.79 Å². The Morgan fingerprint density at radius 1 is 1.10 bits per heavy atom. The van der Waals surface area contributed by atoms with E-state index in [4.69, 9.17) is 14.2 Å². The van der Waals surface area contributed by atoms with Gasteiger partial charge in [-0.2, -0.15) is 0 Å². The molecule has 1 heterocycles. The largest absolute Gasteiger partial charge is 0.496 e. The fraction of sp³-hybridized carbons (Fsp3) is 0.273. The molecule has 0 saturated carbocycles. The smallest absolute Gasteiger partial charge is 0.349 e. The standard InChI is InChI=1S/C22H22FNO5S/c1-24(11-14-7-4-5-9-17(14)28-3)19(25)13-29-22(26)21-15(12-27-2)20-16(23)8-6-10-18(20)30-21/h4-10H,11-13H2,1-3H3. The Morgan fingerprint density at radius 3 is 2.60 bits per heavy atom. The van der Waals surface area contributed by atoms with Crippen molar-refractivity contribution < 1.29 is 28.2 Å². The first-order valence-corrected chi connectivity index (χ1v) is 9.99. The molecule has 0 N–H and O–H groups in total. The minimum Gasteiger partial charge on any atom is -0.496 e. The van der Waals surface area contributed by atoms with Crippen molar-refractivity contribution in [1.82, 2.24) is 4.90 Å². The lowest BCUT2D eigenvalue weighted by atomic mass is 10.1. The maximum atomic E-state index is 14.3. The van der Waals surface area contributed by atoms with Crippen molar-refractivity contribution in [2.45, 2.75) is 13.2 Å². The number of para-hydroxylation sites is 1. The lowest BCUT2D eigenvalue weighted by Gasteiger charge is -2.18. The van der Waals surface area contributed by atoms with Gasteiger partial charge in [0.05, 0.1) is 13.7 Å². The number of rotatable bonds is 8. The quantitative estimate of drug-likeness (QED) is 0.504. The maximum absolute atomic E-state index is 14.3. The van der Waals surface area contributed by atoms with Crippen LogP contribution in [0.4, 0.5) is 4.39 Å². The van der Waals surface area contributed by atoms with Crippen LogP contribution in [0.25, 0.3) is 10.1 Å². The van der Waals surface area contributed by atoms with Crippen LogP contribution < -0.4 is 4.74 Å². The first-order valence-electron chi connectivity index (χ1n) is 9.18. The van der Waals surface area contributed by atoms with Gasteiger partial charge in [0.15, 0.2) is 6.61 Å². The molecule has 30 heavy (non-hydrogen) atoms. The van der Waals surface area contributed by atoms with Crippen LogP contribution in [0.5, 0.6) is 5.75 Å². The summed E-state index contributed by atoms with van der Waals surface area (Å²) in [6.07, 6.45) is 0. The van der Waals surface area contributed by atoms with Gasteiger partial charge in [0.25, 0.3) is 5.91 Å². The van der Waals surface area contributed by atoms with E-state index in [1.807, 2.05) is 24.3 Å². The van der Waals surface area contributed by atoms with E-state index < -0.39 is 18.4 Å². The van der Waals surface area contributed by atoms with Crippen LogP contribution >= 0.6 is 11.3 Å². The molecule has 2 aromatic carbocycles. The summed E-state index contributed by atoms with van der Waals surface area (Å²) >= 11 is 1.12. The third kappa shape index (κ3) is 4.60. The highest BCUT2D eigenvalue weighted by atomic mass is 32.1. The van der Waals surface area contributed by atoms with E-state index in [1.54, 1.807) is 26.3 Å². The van der Waals surface area contributed by atoms with Crippen LogP contribution in [0, 0.1) is 5.82 Å². The van der Waals surface area contributed by atoms with Crippen LogP contribution in [0.2, 0.25) is 0 Å². The monoisotopic (exact) mass is 431 g/mol. The first kappa shape index (κ1) is 21.7. The van der Waals surface area contributed by atoms with Gasteiger partial charge in [0.1, 0.15) is 16.4 Å². The number of carbonyl (C=O) groups excluding carboxylic acids is 2.